The van der Waals surface area contributed by atoms with Crippen molar-refractivity contribution in [1.29, 1.82) is 0 Å². The van der Waals surface area contributed by atoms with Gasteiger partial charge in [0, 0.05) is 23.2 Å². The molecular formula is C14H15FN2. The first kappa shape index (κ1) is 10.7. The number of hydrogen-bond acceptors (Lipinski definition) is 2. The van der Waals surface area contributed by atoms with E-state index >= 15 is 0 Å². The molecule has 1 aliphatic rings. The van der Waals surface area contributed by atoms with Crippen LogP contribution in [0.25, 0.3) is 10.8 Å². The number of fused-ring (bicyclic) bond motifs is 1. The van der Waals surface area contributed by atoms with Crippen LogP contribution in [0.1, 0.15) is 24.5 Å². The molecule has 1 aromatic heterocycles. The van der Waals surface area contributed by atoms with Gasteiger partial charge in [-0.3, -0.25) is 4.98 Å². The predicted molar refractivity (Wildman–Crippen MR) is 66.5 cm³/mol. The average molecular weight is 230 g/mol. The van der Waals surface area contributed by atoms with Crippen LogP contribution in [0, 0.1) is 5.82 Å². The Bertz CT molecular complexity index is 533. The molecule has 3 rings (SSSR count). The molecule has 0 amide bonds. The number of piperidine rings is 1. The van der Waals surface area contributed by atoms with Gasteiger partial charge in [-0.1, -0.05) is 12.1 Å². The lowest BCUT2D eigenvalue weighted by Crippen LogP contribution is -2.27. The van der Waals surface area contributed by atoms with E-state index in [4.69, 9.17) is 0 Å². The van der Waals surface area contributed by atoms with Crippen LogP contribution < -0.4 is 5.32 Å². The number of halogens is 1. The Hall–Kier alpha value is -1.48. The topological polar surface area (TPSA) is 24.9 Å². The van der Waals surface area contributed by atoms with Crippen molar-refractivity contribution in [3.8, 4) is 0 Å². The lowest BCUT2D eigenvalue weighted by Gasteiger charge is -2.22. The van der Waals surface area contributed by atoms with Crippen LogP contribution in [0.3, 0.4) is 0 Å². The molecule has 88 valence electrons. The monoisotopic (exact) mass is 230 g/mol. The van der Waals surface area contributed by atoms with Crippen molar-refractivity contribution in [3.63, 3.8) is 0 Å². The van der Waals surface area contributed by atoms with Gasteiger partial charge in [0.2, 0.25) is 0 Å². The summed E-state index contributed by atoms with van der Waals surface area (Å²) >= 11 is 0. The van der Waals surface area contributed by atoms with Gasteiger partial charge in [0.1, 0.15) is 5.82 Å². The highest BCUT2D eigenvalue weighted by molar-refractivity contribution is 5.82. The van der Waals surface area contributed by atoms with E-state index in [1.807, 2.05) is 12.1 Å². The van der Waals surface area contributed by atoms with Crippen molar-refractivity contribution in [1.82, 2.24) is 10.3 Å². The molecule has 0 bridgehead atoms. The van der Waals surface area contributed by atoms with Crippen LogP contribution in [0.15, 0.2) is 30.5 Å². The minimum Gasteiger partial charge on any atom is -0.317 e. The minimum absolute atomic E-state index is 0.188. The third kappa shape index (κ3) is 2.03. The molecule has 0 aliphatic carbocycles. The third-order valence-corrected chi connectivity index (χ3v) is 3.49. The summed E-state index contributed by atoms with van der Waals surface area (Å²) in [6.07, 6.45) is 3.91. The Balaban J connectivity index is 2.01. The predicted octanol–water partition coefficient (Wildman–Crippen LogP) is 2.84. The molecule has 2 aromatic rings. The van der Waals surface area contributed by atoms with Crippen LogP contribution >= 0.6 is 0 Å². The Morgan fingerprint density at radius 3 is 2.88 bits per heavy atom. The van der Waals surface area contributed by atoms with Crippen molar-refractivity contribution in [2.75, 3.05) is 13.1 Å². The van der Waals surface area contributed by atoms with Crippen molar-refractivity contribution in [2.45, 2.75) is 18.8 Å². The number of hydrogen-bond donors (Lipinski definition) is 1. The number of nitrogens with one attached hydrogen (secondary N) is 1. The molecule has 17 heavy (non-hydrogen) atoms. The summed E-state index contributed by atoms with van der Waals surface area (Å²) in [6, 6.07) is 7.22. The number of rotatable bonds is 1. The van der Waals surface area contributed by atoms with Gasteiger partial charge < -0.3 is 5.32 Å². The first-order chi connectivity index (χ1) is 8.34. The third-order valence-electron chi connectivity index (χ3n) is 3.49. The molecule has 1 N–H and O–H groups in total. The Labute approximate surface area is 99.9 Å². The lowest BCUT2D eigenvalue weighted by atomic mass is 9.93. The van der Waals surface area contributed by atoms with Gasteiger partial charge >= 0.3 is 0 Å². The largest absolute Gasteiger partial charge is 0.317 e. The fraction of sp³-hybridized carbons (Fsp3) is 0.357. The fourth-order valence-corrected chi connectivity index (χ4v) is 2.49. The lowest BCUT2D eigenvalue weighted by molar-refractivity contribution is 0.453. The first-order valence-electron chi connectivity index (χ1n) is 6.09. The van der Waals surface area contributed by atoms with E-state index < -0.39 is 0 Å². The summed E-state index contributed by atoms with van der Waals surface area (Å²) < 4.78 is 13.5. The van der Waals surface area contributed by atoms with E-state index in [0.717, 1.165) is 37.0 Å². The van der Waals surface area contributed by atoms with E-state index in [9.17, 15) is 4.39 Å². The van der Waals surface area contributed by atoms with Gasteiger partial charge in [0.25, 0.3) is 0 Å². The molecule has 1 saturated heterocycles. The fourth-order valence-electron chi connectivity index (χ4n) is 2.49. The second-order valence-electron chi connectivity index (χ2n) is 4.59. The average Bonchev–Trinajstić information content (AvgIpc) is 2.40. The summed E-state index contributed by atoms with van der Waals surface area (Å²) in [7, 11) is 0. The molecule has 1 fully saturated rings. The maximum absolute atomic E-state index is 13.5. The molecule has 0 atom stereocenters. The smallest absolute Gasteiger partial charge is 0.132 e. The molecule has 0 radical (unpaired) electrons. The van der Waals surface area contributed by atoms with Gasteiger partial charge in [0.05, 0.1) is 0 Å². The van der Waals surface area contributed by atoms with Gasteiger partial charge in [-0.05, 0) is 43.5 Å². The van der Waals surface area contributed by atoms with Crippen molar-refractivity contribution < 1.29 is 4.39 Å². The van der Waals surface area contributed by atoms with Gasteiger partial charge in [-0.2, -0.15) is 0 Å². The highest BCUT2D eigenvalue weighted by Gasteiger charge is 2.16. The van der Waals surface area contributed by atoms with Crippen molar-refractivity contribution in [2.24, 2.45) is 0 Å². The van der Waals surface area contributed by atoms with E-state index in [0.29, 0.717) is 11.3 Å². The van der Waals surface area contributed by atoms with Crippen LogP contribution in [0.2, 0.25) is 0 Å². The highest BCUT2D eigenvalue weighted by atomic mass is 19.1. The highest BCUT2D eigenvalue weighted by Crippen LogP contribution is 2.26. The zero-order chi connectivity index (χ0) is 11.7. The summed E-state index contributed by atoms with van der Waals surface area (Å²) in [4.78, 5) is 4.42. The van der Waals surface area contributed by atoms with Crippen LogP contribution in [-0.2, 0) is 0 Å². The molecule has 2 nitrogen and oxygen atoms in total. The maximum atomic E-state index is 13.5. The van der Waals surface area contributed by atoms with E-state index in [-0.39, 0.29) is 5.82 Å². The molecule has 1 aliphatic heterocycles. The summed E-state index contributed by atoms with van der Waals surface area (Å²) in [6.45, 7) is 2.10. The first-order valence-corrected chi connectivity index (χ1v) is 6.09. The molecule has 1 aromatic carbocycles. The molecule has 3 heteroatoms. The quantitative estimate of drug-likeness (QED) is 0.814. The number of pyridine rings is 1. The molecular weight excluding hydrogens is 215 g/mol. The van der Waals surface area contributed by atoms with Crippen LogP contribution in [0.4, 0.5) is 4.39 Å². The zero-order valence-electron chi connectivity index (χ0n) is 9.62. The summed E-state index contributed by atoms with van der Waals surface area (Å²) in [5.41, 5.74) is 1.10. The summed E-state index contributed by atoms with van der Waals surface area (Å²) in [5, 5.41) is 4.91. The molecule has 2 heterocycles. The Morgan fingerprint density at radius 1 is 1.24 bits per heavy atom. The molecule has 0 spiro atoms. The zero-order valence-corrected chi connectivity index (χ0v) is 9.62. The normalized spacial score (nSPS) is 17.5. The van der Waals surface area contributed by atoms with Gasteiger partial charge in [0.15, 0.2) is 0 Å². The van der Waals surface area contributed by atoms with Gasteiger partial charge in [-0.25, -0.2) is 4.39 Å². The number of benzene rings is 1. The molecule has 0 unspecified atom stereocenters. The van der Waals surface area contributed by atoms with E-state index in [2.05, 4.69) is 10.3 Å². The van der Waals surface area contributed by atoms with Gasteiger partial charge in [-0.15, -0.1) is 0 Å². The molecule has 0 saturated carbocycles. The van der Waals surface area contributed by atoms with E-state index in [1.54, 1.807) is 12.3 Å². The Kier molecular flexibility index (Phi) is 2.77. The van der Waals surface area contributed by atoms with Crippen LogP contribution in [0.5, 0.6) is 0 Å². The van der Waals surface area contributed by atoms with Crippen molar-refractivity contribution in [3.05, 3.63) is 42.0 Å². The number of aromatic nitrogens is 1. The standard InChI is InChI=1S/C14H15FN2/c15-13-3-1-2-11-8-14(17-9-12(11)13)10-4-6-16-7-5-10/h1-3,8-10,16H,4-7H2. The number of nitrogens with zero attached hydrogens (tertiary/aromatic N) is 1. The second-order valence-corrected chi connectivity index (χ2v) is 4.59. The maximum Gasteiger partial charge on any atom is 0.132 e. The van der Waals surface area contributed by atoms with Crippen LogP contribution in [-0.4, -0.2) is 18.1 Å². The SMILES string of the molecule is Fc1cccc2cc(C3CCNCC3)ncc12. The summed E-state index contributed by atoms with van der Waals surface area (Å²) in [5.74, 6) is 0.329. The Morgan fingerprint density at radius 2 is 2.06 bits per heavy atom. The van der Waals surface area contributed by atoms with Crippen molar-refractivity contribution >= 4 is 10.8 Å². The second kappa shape index (κ2) is 4.41. The minimum atomic E-state index is -0.188. The van der Waals surface area contributed by atoms with E-state index in [1.165, 1.54) is 6.07 Å².